The van der Waals surface area contributed by atoms with Crippen molar-refractivity contribution in [1.82, 2.24) is 0 Å². The first-order valence-electron chi connectivity index (χ1n) is 1.34. The van der Waals surface area contributed by atoms with Crippen LogP contribution in [0, 0.1) is 0 Å². The van der Waals surface area contributed by atoms with Crippen LogP contribution >= 0.6 is 0 Å². The molecule has 40 valence electrons. The highest BCUT2D eigenvalue weighted by Gasteiger charge is 1.97. The molecule has 0 spiro atoms. The number of carbonyl (C=O) groups is 1. The van der Waals surface area contributed by atoms with Gasteiger partial charge in [0.25, 0.3) is 0 Å². The molecule has 7 heavy (non-hydrogen) atoms. The number of carboxylic acid groups (broad SMARTS) is 1. The maximum atomic E-state index is 9.55. The van der Waals surface area contributed by atoms with Gasteiger partial charge in [-0.1, -0.05) is 0 Å². The summed E-state index contributed by atoms with van der Waals surface area (Å²) in [6, 6.07) is 0. The predicted octanol–water partition coefficient (Wildman–Crippen LogP) is -1.63. The van der Waals surface area contributed by atoms with E-state index in [1.165, 1.54) is 0 Å². The van der Waals surface area contributed by atoms with Crippen LogP contribution in [-0.4, -0.2) is 20.3 Å². The molecule has 0 fully saturated rings. The van der Waals surface area contributed by atoms with Crippen LogP contribution in [0.1, 0.15) is 0 Å². The van der Waals surface area contributed by atoms with E-state index < -0.39 is 11.0 Å². The van der Waals surface area contributed by atoms with Gasteiger partial charge in [0.15, 0.2) is 4.99 Å². The topological polar surface area (TPSA) is 80.4 Å². The number of aliphatic carboxylic acids is 1. The van der Waals surface area contributed by atoms with Crippen LogP contribution in [0.4, 0.5) is 0 Å². The van der Waals surface area contributed by atoms with Gasteiger partial charge < -0.3 is 5.11 Å². The van der Waals surface area contributed by atoms with Crippen molar-refractivity contribution in [3.05, 3.63) is 0 Å². The van der Waals surface area contributed by atoms with Crippen molar-refractivity contribution in [1.29, 1.82) is 0 Å². The van der Waals surface area contributed by atoms with Gasteiger partial charge in [0, 0.05) is 0 Å². The van der Waals surface area contributed by atoms with Gasteiger partial charge in [-0.3, -0.25) is 5.73 Å². The molecule has 0 saturated heterocycles. The molecule has 3 N–H and O–H groups in total. The third-order valence-corrected chi connectivity index (χ3v) is 0.655. The molecular weight excluding hydrogens is 118 g/mol. The third-order valence-electron chi connectivity index (χ3n) is 0.301. The van der Waals surface area contributed by atoms with Crippen molar-refractivity contribution in [3.63, 3.8) is 0 Å². The van der Waals surface area contributed by atoms with E-state index in [0.717, 1.165) is 0 Å². The lowest BCUT2D eigenvalue weighted by molar-refractivity contribution is -0.129. The molecule has 0 heterocycles. The highest BCUT2D eigenvalue weighted by molar-refractivity contribution is 7.68. The normalized spacial score (nSPS) is 7.57. The molecule has 0 rings (SSSR count). The van der Waals surface area contributed by atoms with Gasteiger partial charge in [0.2, 0.25) is 0 Å². The van der Waals surface area contributed by atoms with Crippen LogP contribution in [0.15, 0.2) is 0 Å². The van der Waals surface area contributed by atoms with E-state index in [-0.39, 0.29) is 11.3 Å². The number of hydrogen-bond donors (Lipinski definition) is 2. The molecular formula is C2H3NO3S. The second-order valence-corrected chi connectivity index (χ2v) is 1.36. The Labute approximate surface area is 43.0 Å². The predicted molar refractivity (Wildman–Crippen MR) is 25.0 cm³/mol. The fourth-order valence-corrected chi connectivity index (χ4v) is 0.107. The molecule has 0 saturated carbocycles. The summed E-state index contributed by atoms with van der Waals surface area (Å²) < 4.78 is 9.45. The summed E-state index contributed by atoms with van der Waals surface area (Å²) in [5.74, 6) is -1.36. The van der Waals surface area contributed by atoms with Crippen LogP contribution in [0.2, 0.25) is 0 Å². The van der Waals surface area contributed by atoms with Crippen LogP contribution in [-0.2, 0) is 16.1 Å². The lowest BCUT2D eigenvalue weighted by Crippen LogP contribution is -2.22. The fourth-order valence-electron chi connectivity index (χ4n) is 0.0356. The van der Waals surface area contributed by atoms with Gasteiger partial charge in [-0.05, 0) is 0 Å². The SMILES string of the molecule is NC(=S=O)C(=O)O. The van der Waals surface area contributed by atoms with Crippen LogP contribution < -0.4 is 5.73 Å². The van der Waals surface area contributed by atoms with Crippen molar-refractivity contribution in [2.45, 2.75) is 0 Å². The maximum absolute atomic E-state index is 9.55. The summed E-state index contributed by atoms with van der Waals surface area (Å²) in [5.41, 5.74) is 4.58. The number of nitrogens with two attached hydrogens (primary N) is 1. The monoisotopic (exact) mass is 121 g/mol. The molecule has 0 aromatic carbocycles. The summed E-state index contributed by atoms with van der Waals surface area (Å²) in [5, 5.41) is 7.80. The minimum Gasteiger partial charge on any atom is -0.476 e. The minimum absolute atomic E-state index is 0.222. The highest BCUT2D eigenvalue weighted by Crippen LogP contribution is 1.54. The molecule has 0 aromatic heterocycles. The van der Waals surface area contributed by atoms with E-state index in [9.17, 15) is 9.00 Å². The molecule has 0 aliphatic carbocycles. The second kappa shape index (κ2) is 2.49. The Morgan fingerprint density at radius 1 is 1.71 bits per heavy atom. The molecule has 0 atom stereocenters. The molecule has 4 nitrogen and oxygen atoms in total. The summed E-state index contributed by atoms with van der Waals surface area (Å²) in [6.07, 6.45) is 0. The minimum atomic E-state index is -1.36. The van der Waals surface area contributed by atoms with Gasteiger partial charge in [-0.25, -0.2) is 9.00 Å². The quantitative estimate of drug-likeness (QED) is 0.377. The van der Waals surface area contributed by atoms with E-state index in [2.05, 4.69) is 5.73 Å². The molecule has 0 amide bonds. The van der Waals surface area contributed by atoms with E-state index in [0.29, 0.717) is 0 Å². The maximum Gasteiger partial charge on any atom is 0.360 e. The molecule has 0 radical (unpaired) electrons. The van der Waals surface area contributed by atoms with Crippen molar-refractivity contribution in [2.75, 3.05) is 0 Å². The molecule has 0 unspecified atom stereocenters. The summed E-state index contributed by atoms with van der Waals surface area (Å²) >= 11 is -0.222. The zero-order chi connectivity index (χ0) is 5.86. The van der Waals surface area contributed by atoms with Gasteiger partial charge in [0.1, 0.15) is 11.3 Å². The molecule has 5 heteroatoms. The second-order valence-electron chi connectivity index (χ2n) is 0.753. The van der Waals surface area contributed by atoms with Gasteiger partial charge in [-0.15, -0.1) is 0 Å². The van der Waals surface area contributed by atoms with Gasteiger partial charge in [0.05, 0.1) is 0 Å². The number of rotatable bonds is 0. The van der Waals surface area contributed by atoms with Crippen molar-refractivity contribution >= 4 is 22.2 Å². The average molecular weight is 121 g/mol. The first kappa shape index (κ1) is 6.32. The van der Waals surface area contributed by atoms with E-state index in [4.69, 9.17) is 5.11 Å². The zero-order valence-electron chi connectivity index (χ0n) is 3.25. The van der Waals surface area contributed by atoms with Crippen LogP contribution in [0.5, 0.6) is 0 Å². The standard InChI is InChI=1S/C2H3NO3S/c3-1(7-6)2(4)5/h3H2,(H,4,5). The Morgan fingerprint density at radius 3 is 2.14 bits per heavy atom. The van der Waals surface area contributed by atoms with Crippen molar-refractivity contribution in [3.8, 4) is 0 Å². The first-order chi connectivity index (χ1) is 3.18. The lowest BCUT2D eigenvalue weighted by atomic mass is 10.7. The van der Waals surface area contributed by atoms with Crippen molar-refractivity contribution < 1.29 is 14.1 Å². The Morgan fingerprint density at radius 2 is 2.14 bits per heavy atom. The van der Waals surface area contributed by atoms with E-state index >= 15 is 0 Å². The van der Waals surface area contributed by atoms with Crippen LogP contribution in [0.3, 0.4) is 0 Å². The summed E-state index contributed by atoms with van der Waals surface area (Å²) in [6.45, 7) is 0. The van der Waals surface area contributed by atoms with Gasteiger partial charge >= 0.3 is 5.97 Å². The average Bonchev–Trinajstić information content (AvgIpc) is 1.65. The molecule has 0 aliphatic rings. The Bertz CT molecular complexity index is 136. The van der Waals surface area contributed by atoms with Gasteiger partial charge in [-0.2, -0.15) is 0 Å². The molecule has 0 bridgehead atoms. The van der Waals surface area contributed by atoms with Crippen LogP contribution in [0.25, 0.3) is 0 Å². The summed E-state index contributed by atoms with van der Waals surface area (Å²) in [4.78, 5) is 8.92. The third kappa shape index (κ3) is 2.07. The number of carboxylic acids is 1. The van der Waals surface area contributed by atoms with E-state index in [1.54, 1.807) is 0 Å². The lowest BCUT2D eigenvalue weighted by Gasteiger charge is -1.77. The highest BCUT2D eigenvalue weighted by atomic mass is 32.1. The Hall–Kier alpha value is -0.680. The first-order valence-corrected chi connectivity index (χ1v) is 2.08. The Kier molecular flexibility index (Phi) is 2.24. The van der Waals surface area contributed by atoms with Crippen molar-refractivity contribution in [2.24, 2.45) is 5.73 Å². The number of hydrogen-bond acceptors (Lipinski definition) is 2. The largest absolute Gasteiger partial charge is 0.476 e. The molecule has 0 aromatic rings. The smallest absolute Gasteiger partial charge is 0.360 e. The zero-order valence-corrected chi connectivity index (χ0v) is 4.07. The fraction of sp³-hybridized carbons (Fsp3) is 0. The van der Waals surface area contributed by atoms with E-state index in [1.807, 2.05) is 0 Å². The molecule has 0 aliphatic heterocycles. The Balaban J connectivity index is 4.10. The summed E-state index contributed by atoms with van der Waals surface area (Å²) in [7, 11) is 0.